The van der Waals surface area contributed by atoms with Crippen LogP contribution in [-0.2, 0) is 11.3 Å². The van der Waals surface area contributed by atoms with E-state index in [2.05, 4.69) is 4.99 Å². The number of methoxy groups -OCH3 is 3. The first-order chi connectivity index (χ1) is 13.5. The van der Waals surface area contributed by atoms with E-state index in [0.29, 0.717) is 34.5 Å². The highest BCUT2D eigenvalue weighted by Crippen LogP contribution is 2.30. The van der Waals surface area contributed by atoms with E-state index in [9.17, 15) is 4.79 Å². The smallest absolute Gasteiger partial charge is 0.287 e. The van der Waals surface area contributed by atoms with Crippen LogP contribution in [0.2, 0.25) is 5.02 Å². The zero-order chi connectivity index (χ0) is 20.3. The van der Waals surface area contributed by atoms with Crippen LogP contribution >= 0.6 is 22.9 Å². The summed E-state index contributed by atoms with van der Waals surface area (Å²) in [6.07, 6.45) is 0. The molecule has 0 radical (unpaired) electrons. The fourth-order valence-corrected chi connectivity index (χ4v) is 4.26. The fourth-order valence-electron chi connectivity index (χ4n) is 3.00. The summed E-state index contributed by atoms with van der Waals surface area (Å²) in [6.45, 7) is 2.99. The lowest BCUT2D eigenvalue weighted by molar-refractivity contribution is 0.0991. The Hall–Kier alpha value is -2.35. The van der Waals surface area contributed by atoms with Crippen LogP contribution < -0.4 is 14.3 Å². The van der Waals surface area contributed by atoms with E-state index in [1.165, 1.54) is 25.6 Å². The van der Waals surface area contributed by atoms with E-state index in [-0.39, 0.29) is 5.56 Å². The molecule has 1 amide bonds. The minimum Gasteiger partial charge on any atom is -0.496 e. The first-order valence-corrected chi connectivity index (χ1v) is 9.78. The van der Waals surface area contributed by atoms with Gasteiger partial charge >= 0.3 is 0 Å². The summed E-state index contributed by atoms with van der Waals surface area (Å²) in [7, 11) is 4.65. The van der Waals surface area contributed by atoms with E-state index < -0.39 is 5.91 Å². The van der Waals surface area contributed by atoms with Crippen molar-refractivity contribution in [3.05, 3.63) is 51.3 Å². The Bertz CT molecular complexity index is 1070. The molecule has 148 valence electrons. The average Bonchev–Trinajstić information content (AvgIpc) is 3.05. The van der Waals surface area contributed by atoms with Crippen LogP contribution in [0.3, 0.4) is 0 Å². The van der Waals surface area contributed by atoms with Crippen molar-refractivity contribution in [3.63, 3.8) is 0 Å². The van der Waals surface area contributed by atoms with Crippen molar-refractivity contribution in [2.75, 3.05) is 27.9 Å². The second kappa shape index (κ2) is 8.77. The van der Waals surface area contributed by atoms with E-state index in [1.807, 2.05) is 23.6 Å². The number of amides is 1. The maximum Gasteiger partial charge on any atom is 0.287 e. The van der Waals surface area contributed by atoms with Gasteiger partial charge in [0.1, 0.15) is 17.1 Å². The number of halogens is 1. The highest BCUT2D eigenvalue weighted by Gasteiger charge is 2.19. The highest BCUT2D eigenvalue weighted by molar-refractivity contribution is 7.16. The first kappa shape index (κ1) is 20.4. The van der Waals surface area contributed by atoms with Crippen LogP contribution in [0.1, 0.15) is 15.9 Å². The average molecular weight is 421 g/mol. The number of ether oxygens (including phenoxy) is 3. The molecule has 0 saturated heterocycles. The predicted octanol–water partition coefficient (Wildman–Crippen LogP) is 4.07. The molecule has 0 spiro atoms. The third kappa shape index (κ3) is 3.78. The topological polar surface area (TPSA) is 62.1 Å². The lowest BCUT2D eigenvalue weighted by Gasteiger charge is -2.10. The molecule has 0 saturated carbocycles. The van der Waals surface area contributed by atoms with Gasteiger partial charge in [-0.25, -0.2) is 0 Å². The summed E-state index contributed by atoms with van der Waals surface area (Å²) in [5, 5.41) is 0.667. The Labute approximate surface area is 171 Å². The van der Waals surface area contributed by atoms with Crippen molar-refractivity contribution in [1.82, 2.24) is 4.57 Å². The van der Waals surface area contributed by atoms with E-state index in [4.69, 9.17) is 25.8 Å². The van der Waals surface area contributed by atoms with Gasteiger partial charge in [0, 0.05) is 18.7 Å². The molecule has 28 heavy (non-hydrogen) atoms. The van der Waals surface area contributed by atoms with Crippen molar-refractivity contribution in [1.29, 1.82) is 0 Å². The van der Waals surface area contributed by atoms with E-state index in [0.717, 1.165) is 15.8 Å². The molecule has 0 fully saturated rings. The number of thiazole rings is 1. The van der Waals surface area contributed by atoms with Gasteiger partial charge in [-0.3, -0.25) is 4.79 Å². The Kier molecular flexibility index (Phi) is 6.39. The lowest BCUT2D eigenvalue weighted by Crippen LogP contribution is -2.20. The third-order valence-corrected chi connectivity index (χ3v) is 5.84. The van der Waals surface area contributed by atoms with Crippen LogP contribution in [0.5, 0.6) is 11.5 Å². The largest absolute Gasteiger partial charge is 0.496 e. The van der Waals surface area contributed by atoms with Crippen LogP contribution in [0.25, 0.3) is 10.2 Å². The summed E-state index contributed by atoms with van der Waals surface area (Å²) in [5.41, 5.74) is 2.18. The van der Waals surface area contributed by atoms with Crippen LogP contribution in [0.4, 0.5) is 0 Å². The number of hydrogen-bond donors (Lipinski definition) is 0. The molecule has 3 aromatic rings. The minimum absolute atomic E-state index is 0.290. The SMILES string of the molecule is COCCn1c(=NC(=O)c2c(OC)cccc2OC)sc2ccc(Cl)c(C)c21. The molecular formula is C20H21ClN2O4S. The van der Waals surface area contributed by atoms with Crippen molar-refractivity contribution >= 4 is 39.1 Å². The Morgan fingerprint density at radius 3 is 2.43 bits per heavy atom. The molecule has 0 aliphatic heterocycles. The monoisotopic (exact) mass is 420 g/mol. The van der Waals surface area contributed by atoms with E-state index in [1.54, 1.807) is 25.3 Å². The van der Waals surface area contributed by atoms with Crippen molar-refractivity contribution in [3.8, 4) is 11.5 Å². The summed E-state index contributed by atoms with van der Waals surface area (Å²) >= 11 is 7.74. The fraction of sp³-hybridized carbons (Fsp3) is 0.300. The maximum absolute atomic E-state index is 13.0. The second-order valence-corrected chi connectivity index (χ2v) is 7.42. The van der Waals surface area contributed by atoms with Gasteiger partial charge in [0.15, 0.2) is 4.80 Å². The van der Waals surface area contributed by atoms with Crippen molar-refractivity contribution in [2.24, 2.45) is 4.99 Å². The van der Waals surface area contributed by atoms with Gasteiger partial charge in [0.2, 0.25) is 0 Å². The van der Waals surface area contributed by atoms with Gasteiger partial charge in [0.05, 0.1) is 31.0 Å². The number of carbonyl (C=O) groups excluding carboxylic acids is 1. The normalized spacial score (nSPS) is 11.8. The number of nitrogens with zero attached hydrogens (tertiary/aromatic N) is 2. The Morgan fingerprint density at radius 2 is 1.82 bits per heavy atom. The molecule has 1 aromatic heterocycles. The zero-order valence-corrected chi connectivity index (χ0v) is 17.7. The van der Waals surface area contributed by atoms with Gasteiger partial charge in [0.25, 0.3) is 5.91 Å². The standard InChI is InChI=1S/C20H21ClN2O4S/c1-12-13(21)8-9-16-18(12)23(10-11-25-2)20(28-16)22-19(24)17-14(26-3)6-5-7-15(17)27-4/h5-9H,10-11H2,1-4H3. The molecule has 0 N–H and O–H groups in total. The molecule has 0 unspecified atom stereocenters. The Morgan fingerprint density at radius 1 is 1.14 bits per heavy atom. The van der Waals surface area contributed by atoms with Gasteiger partial charge < -0.3 is 18.8 Å². The third-order valence-electron chi connectivity index (χ3n) is 4.39. The van der Waals surface area contributed by atoms with Crippen LogP contribution in [0, 0.1) is 6.92 Å². The number of rotatable bonds is 6. The van der Waals surface area contributed by atoms with Crippen LogP contribution in [-0.4, -0.2) is 38.4 Å². The number of benzene rings is 2. The molecular weight excluding hydrogens is 400 g/mol. The summed E-state index contributed by atoms with van der Waals surface area (Å²) < 4.78 is 18.9. The quantitative estimate of drug-likeness (QED) is 0.603. The Balaban J connectivity index is 2.22. The molecule has 2 aromatic carbocycles. The predicted molar refractivity (Wildman–Crippen MR) is 111 cm³/mol. The number of fused-ring (bicyclic) bond motifs is 1. The molecule has 0 aliphatic carbocycles. The summed E-state index contributed by atoms with van der Waals surface area (Å²) in [6, 6.07) is 8.97. The summed E-state index contributed by atoms with van der Waals surface area (Å²) in [5.74, 6) is 0.393. The van der Waals surface area contributed by atoms with E-state index >= 15 is 0 Å². The highest BCUT2D eigenvalue weighted by atomic mass is 35.5. The van der Waals surface area contributed by atoms with Crippen molar-refractivity contribution in [2.45, 2.75) is 13.5 Å². The molecule has 1 heterocycles. The maximum atomic E-state index is 13.0. The second-order valence-electron chi connectivity index (χ2n) is 6.00. The molecule has 8 heteroatoms. The number of aromatic nitrogens is 1. The molecule has 0 atom stereocenters. The van der Waals surface area contributed by atoms with Gasteiger partial charge in [-0.15, -0.1) is 0 Å². The minimum atomic E-state index is -0.434. The molecule has 0 aliphatic rings. The number of carbonyl (C=O) groups is 1. The van der Waals surface area contributed by atoms with Gasteiger partial charge in [-0.2, -0.15) is 4.99 Å². The number of hydrogen-bond acceptors (Lipinski definition) is 5. The lowest BCUT2D eigenvalue weighted by atomic mass is 10.1. The van der Waals surface area contributed by atoms with Gasteiger partial charge in [-0.1, -0.05) is 29.0 Å². The first-order valence-electron chi connectivity index (χ1n) is 8.59. The van der Waals surface area contributed by atoms with Crippen molar-refractivity contribution < 1.29 is 19.0 Å². The molecule has 6 nitrogen and oxygen atoms in total. The zero-order valence-electron chi connectivity index (χ0n) is 16.1. The summed E-state index contributed by atoms with van der Waals surface area (Å²) in [4.78, 5) is 18.0. The van der Waals surface area contributed by atoms with Crippen LogP contribution in [0.15, 0.2) is 35.3 Å². The number of aryl methyl sites for hydroxylation is 1. The molecule has 0 bridgehead atoms. The molecule has 3 rings (SSSR count). The van der Waals surface area contributed by atoms with Gasteiger partial charge in [-0.05, 0) is 36.8 Å².